The summed E-state index contributed by atoms with van der Waals surface area (Å²) in [6.07, 6.45) is 22.6. The largest absolute Gasteiger partial charge is 0.213 e. The van der Waals surface area contributed by atoms with E-state index in [1.807, 2.05) is 57.2 Å². The molecule has 29 heavy (non-hydrogen) atoms. The number of hydrogen-bond acceptors (Lipinski definition) is 3. The molecule has 1 aromatic heterocycles. The van der Waals surface area contributed by atoms with Crippen LogP contribution in [0, 0.1) is 19.8 Å². The maximum Gasteiger partial charge on any atom is 0.163 e. The summed E-state index contributed by atoms with van der Waals surface area (Å²) < 4.78 is 0. The molecule has 0 fully saturated rings. The molecule has 3 heteroatoms. The van der Waals surface area contributed by atoms with E-state index >= 15 is 0 Å². The van der Waals surface area contributed by atoms with E-state index in [0.29, 0.717) is 18.1 Å². The fourth-order valence-electron chi connectivity index (χ4n) is 2.30. The van der Waals surface area contributed by atoms with Crippen LogP contribution in [-0.2, 0) is 6.42 Å². The van der Waals surface area contributed by atoms with Crippen LogP contribution in [0.5, 0.6) is 0 Å². The Kier molecular flexibility index (Phi) is 10.4. The molecule has 0 spiro atoms. The normalized spacial score (nSPS) is 12.1. The van der Waals surface area contributed by atoms with Crippen molar-refractivity contribution in [1.82, 2.24) is 15.0 Å². The summed E-state index contributed by atoms with van der Waals surface area (Å²) in [5.74, 6) is 2.17. The van der Waals surface area contributed by atoms with E-state index in [-0.39, 0.29) is 0 Å². The Morgan fingerprint density at radius 2 is 1.69 bits per heavy atom. The van der Waals surface area contributed by atoms with Crippen molar-refractivity contribution >= 4 is 5.57 Å². The summed E-state index contributed by atoms with van der Waals surface area (Å²) in [6.45, 7) is 11.9. The first-order valence-electron chi connectivity index (χ1n) is 9.44. The topological polar surface area (TPSA) is 38.7 Å². The lowest BCUT2D eigenvalue weighted by atomic mass is 10.1. The van der Waals surface area contributed by atoms with E-state index in [1.54, 1.807) is 0 Å². The molecule has 2 aromatic rings. The summed E-state index contributed by atoms with van der Waals surface area (Å²) in [6, 6.07) is 8.25. The number of rotatable bonds is 7. The van der Waals surface area contributed by atoms with Crippen LogP contribution in [0.25, 0.3) is 17.0 Å². The summed E-state index contributed by atoms with van der Waals surface area (Å²) in [5, 5.41) is 0. The smallest absolute Gasteiger partial charge is 0.163 e. The summed E-state index contributed by atoms with van der Waals surface area (Å²) in [4.78, 5) is 14.0. The van der Waals surface area contributed by atoms with Gasteiger partial charge in [-0.3, -0.25) is 0 Å². The van der Waals surface area contributed by atoms with Gasteiger partial charge in [0.1, 0.15) is 5.82 Å². The minimum Gasteiger partial charge on any atom is -0.213 e. The number of benzene rings is 1. The predicted octanol–water partition coefficient (Wildman–Crippen LogP) is 6.31. The summed E-state index contributed by atoms with van der Waals surface area (Å²) in [5.41, 5.74) is 4.34. The van der Waals surface area contributed by atoms with Gasteiger partial charge >= 0.3 is 0 Å². The zero-order valence-corrected chi connectivity index (χ0v) is 17.8. The standard InChI is InChI=1S/C24H27N3.C2H2/c1-6-8-12-20(5)23-25-22(13-10-9-11-18(3)7-2)26-24(27-23)21-16-14-19(4)15-17-21;1-2/h6-12,14-17H,2,13H2,1,3-5H3;1-2H/b8-6-,10-9-,18-11-,20-12+;. The highest BCUT2D eigenvalue weighted by molar-refractivity contribution is 5.62. The zero-order chi connectivity index (χ0) is 21.6. The quantitative estimate of drug-likeness (QED) is 0.415. The van der Waals surface area contributed by atoms with Gasteiger partial charge in [0.05, 0.1) is 0 Å². The molecule has 0 amide bonds. The number of nitrogens with zero attached hydrogens (tertiary/aromatic N) is 3. The molecule has 148 valence electrons. The molecule has 3 nitrogen and oxygen atoms in total. The van der Waals surface area contributed by atoms with Crippen molar-refractivity contribution in [2.24, 2.45) is 0 Å². The molecule has 0 bridgehead atoms. The highest BCUT2D eigenvalue weighted by Crippen LogP contribution is 2.18. The first-order valence-corrected chi connectivity index (χ1v) is 9.44. The van der Waals surface area contributed by atoms with Crippen molar-refractivity contribution < 1.29 is 0 Å². The lowest BCUT2D eigenvalue weighted by molar-refractivity contribution is 0.921. The molecule has 0 aliphatic carbocycles. The first-order chi connectivity index (χ1) is 14.0. The predicted molar refractivity (Wildman–Crippen MR) is 125 cm³/mol. The van der Waals surface area contributed by atoms with Crippen molar-refractivity contribution in [3.8, 4) is 24.2 Å². The number of allylic oxidation sites excluding steroid dienone is 9. The minimum absolute atomic E-state index is 0.645. The van der Waals surface area contributed by atoms with Crippen LogP contribution in [0.4, 0.5) is 0 Å². The van der Waals surface area contributed by atoms with Gasteiger partial charge in [-0.1, -0.05) is 84.5 Å². The van der Waals surface area contributed by atoms with Gasteiger partial charge in [0.2, 0.25) is 0 Å². The molecule has 1 heterocycles. The van der Waals surface area contributed by atoms with Crippen LogP contribution in [0.3, 0.4) is 0 Å². The van der Waals surface area contributed by atoms with Gasteiger partial charge < -0.3 is 0 Å². The second-order valence-corrected chi connectivity index (χ2v) is 6.39. The molecule has 0 aliphatic rings. The van der Waals surface area contributed by atoms with Crippen molar-refractivity contribution in [2.75, 3.05) is 0 Å². The van der Waals surface area contributed by atoms with Crippen molar-refractivity contribution in [3.63, 3.8) is 0 Å². The first kappa shape index (κ1) is 23.5. The Morgan fingerprint density at radius 3 is 2.31 bits per heavy atom. The highest BCUT2D eigenvalue weighted by Gasteiger charge is 2.09. The van der Waals surface area contributed by atoms with Crippen LogP contribution in [-0.4, -0.2) is 15.0 Å². The van der Waals surface area contributed by atoms with Crippen LogP contribution in [0.2, 0.25) is 0 Å². The Hall–Kier alpha value is -3.51. The van der Waals surface area contributed by atoms with E-state index in [9.17, 15) is 0 Å². The molecule has 0 unspecified atom stereocenters. The van der Waals surface area contributed by atoms with Gasteiger partial charge in [-0.2, -0.15) is 0 Å². The van der Waals surface area contributed by atoms with E-state index in [4.69, 9.17) is 0 Å². The zero-order valence-electron chi connectivity index (χ0n) is 17.8. The number of hydrogen-bond donors (Lipinski definition) is 0. The number of aryl methyl sites for hydroxylation is 1. The maximum absolute atomic E-state index is 4.68. The van der Waals surface area contributed by atoms with Gasteiger partial charge in [0.15, 0.2) is 11.6 Å². The van der Waals surface area contributed by atoms with Crippen LogP contribution in [0.1, 0.15) is 38.0 Å². The third-order valence-corrected chi connectivity index (χ3v) is 4.00. The van der Waals surface area contributed by atoms with Gasteiger partial charge in [-0.05, 0) is 33.3 Å². The average molecular weight is 384 g/mol. The van der Waals surface area contributed by atoms with Crippen LogP contribution < -0.4 is 0 Å². The molecule has 0 saturated carbocycles. The lowest BCUT2D eigenvalue weighted by Crippen LogP contribution is -2.04. The summed E-state index contributed by atoms with van der Waals surface area (Å²) >= 11 is 0. The monoisotopic (exact) mass is 383 g/mol. The Labute approximate surface area is 175 Å². The molecule has 0 aliphatic heterocycles. The second-order valence-electron chi connectivity index (χ2n) is 6.39. The molecule has 0 N–H and O–H groups in total. The molecule has 0 radical (unpaired) electrons. The van der Waals surface area contributed by atoms with E-state index < -0.39 is 0 Å². The third kappa shape index (κ3) is 7.94. The SMILES string of the molecule is C#C.C=C/C(C)=C\C=C/Cc1nc(/C(C)=C/C=C\C)nc(-c2ccc(C)cc2)n1. The van der Waals surface area contributed by atoms with E-state index in [1.165, 1.54) is 5.56 Å². The number of terminal acetylenes is 1. The van der Waals surface area contributed by atoms with E-state index in [0.717, 1.165) is 22.5 Å². The van der Waals surface area contributed by atoms with Crippen molar-refractivity contribution in [2.45, 2.75) is 34.1 Å². The van der Waals surface area contributed by atoms with Gasteiger partial charge in [0.25, 0.3) is 0 Å². The Bertz CT molecular complexity index is 940. The minimum atomic E-state index is 0.645. The van der Waals surface area contributed by atoms with Gasteiger partial charge in [0, 0.05) is 12.0 Å². The Morgan fingerprint density at radius 1 is 1.00 bits per heavy atom. The van der Waals surface area contributed by atoms with Gasteiger partial charge in [-0.25, -0.2) is 15.0 Å². The van der Waals surface area contributed by atoms with Crippen LogP contribution >= 0.6 is 0 Å². The molecular weight excluding hydrogens is 354 g/mol. The average Bonchev–Trinajstić information content (AvgIpc) is 2.76. The molecule has 0 atom stereocenters. The maximum atomic E-state index is 4.68. The second kappa shape index (κ2) is 12.8. The number of aromatic nitrogens is 3. The fraction of sp³-hybridized carbons (Fsp3) is 0.192. The molecule has 0 saturated heterocycles. The van der Waals surface area contributed by atoms with E-state index in [2.05, 4.69) is 71.6 Å². The van der Waals surface area contributed by atoms with Crippen molar-refractivity contribution in [3.05, 3.63) is 96.2 Å². The van der Waals surface area contributed by atoms with Gasteiger partial charge in [-0.15, -0.1) is 12.8 Å². The molecule has 2 rings (SSSR count). The highest BCUT2D eigenvalue weighted by atomic mass is 15.0. The molecular formula is C26H29N3. The van der Waals surface area contributed by atoms with Crippen LogP contribution in [0.15, 0.2) is 78.9 Å². The third-order valence-electron chi connectivity index (χ3n) is 4.00. The molecule has 1 aromatic carbocycles. The summed E-state index contributed by atoms with van der Waals surface area (Å²) in [7, 11) is 0. The fourth-order valence-corrected chi connectivity index (χ4v) is 2.30. The lowest BCUT2D eigenvalue weighted by Gasteiger charge is -2.07. The van der Waals surface area contributed by atoms with Crippen molar-refractivity contribution in [1.29, 1.82) is 0 Å². The Balaban J connectivity index is 0.00000204.